The van der Waals surface area contributed by atoms with E-state index < -0.39 is 11.9 Å². The normalized spacial score (nSPS) is 14.1. The number of fused-ring (bicyclic) bond motifs is 1. The summed E-state index contributed by atoms with van der Waals surface area (Å²) in [6, 6.07) is 9.36. The lowest BCUT2D eigenvalue weighted by atomic mass is 10.0. The predicted molar refractivity (Wildman–Crippen MR) is 89.9 cm³/mol. The Morgan fingerprint density at radius 1 is 0.957 bits per heavy atom. The van der Waals surface area contributed by atoms with Crippen LogP contribution >= 0.6 is 11.6 Å². The van der Waals surface area contributed by atoms with Crippen LogP contribution in [-0.4, -0.2) is 46.1 Å². The third-order valence-electron chi connectivity index (χ3n) is 3.71. The van der Waals surface area contributed by atoms with E-state index in [0.717, 1.165) is 25.9 Å². The van der Waals surface area contributed by atoms with Crippen molar-refractivity contribution in [1.29, 1.82) is 0 Å². The number of aliphatic carboxylic acids is 2. The Morgan fingerprint density at radius 3 is 1.74 bits per heavy atom. The lowest BCUT2D eigenvalue weighted by molar-refractivity contribution is -0.139. The van der Waals surface area contributed by atoms with Crippen molar-refractivity contribution in [1.82, 2.24) is 4.90 Å². The molecule has 0 spiro atoms. The van der Waals surface area contributed by atoms with E-state index in [4.69, 9.17) is 21.8 Å². The van der Waals surface area contributed by atoms with E-state index in [0.29, 0.717) is 18.8 Å². The molecule has 0 fully saturated rings. The van der Waals surface area contributed by atoms with Crippen LogP contribution in [0.25, 0.3) is 0 Å². The summed E-state index contributed by atoms with van der Waals surface area (Å²) in [5, 5.41) is 16.3. The highest BCUT2D eigenvalue weighted by Crippen LogP contribution is 2.15. The highest BCUT2D eigenvalue weighted by Gasteiger charge is 2.11. The van der Waals surface area contributed by atoms with Gasteiger partial charge in [0.25, 0.3) is 0 Å². The van der Waals surface area contributed by atoms with E-state index in [1.807, 2.05) is 0 Å². The quantitative estimate of drug-likeness (QED) is 0.472. The van der Waals surface area contributed by atoms with Crippen LogP contribution in [0, 0.1) is 0 Å². The molecule has 1 heterocycles. The minimum Gasteiger partial charge on any atom is -0.481 e. The first-order valence-electron chi connectivity index (χ1n) is 7.81. The number of carboxylic acids is 2. The van der Waals surface area contributed by atoms with Crippen molar-refractivity contribution in [3.05, 3.63) is 35.4 Å². The lowest BCUT2D eigenvalue weighted by Crippen LogP contribution is -2.24. The van der Waals surface area contributed by atoms with Crippen LogP contribution in [0.4, 0.5) is 0 Å². The third-order valence-corrected chi connectivity index (χ3v) is 4.05. The second-order valence-electron chi connectivity index (χ2n) is 5.50. The van der Waals surface area contributed by atoms with Gasteiger partial charge in [0.2, 0.25) is 0 Å². The number of halogens is 1. The molecule has 0 saturated carbocycles. The summed E-state index contributed by atoms with van der Waals surface area (Å²) >= 11 is 5.82. The topological polar surface area (TPSA) is 77.8 Å². The summed E-state index contributed by atoms with van der Waals surface area (Å²) in [6.07, 6.45) is 3.30. The molecule has 0 aliphatic carbocycles. The maximum atomic E-state index is 9.90. The van der Waals surface area contributed by atoms with Gasteiger partial charge in [-0.3, -0.25) is 14.5 Å². The Labute approximate surface area is 141 Å². The number of alkyl halides is 1. The molecule has 0 radical (unpaired) electrons. The van der Waals surface area contributed by atoms with Crippen molar-refractivity contribution < 1.29 is 19.8 Å². The smallest absolute Gasteiger partial charge is 0.303 e. The van der Waals surface area contributed by atoms with E-state index in [-0.39, 0.29) is 12.8 Å². The van der Waals surface area contributed by atoms with Gasteiger partial charge in [0.05, 0.1) is 6.00 Å². The first-order chi connectivity index (χ1) is 11.0. The summed E-state index contributed by atoms with van der Waals surface area (Å²) in [4.78, 5) is 22.1. The van der Waals surface area contributed by atoms with Gasteiger partial charge in [-0.05, 0) is 36.8 Å². The maximum absolute atomic E-state index is 9.90. The van der Waals surface area contributed by atoms with Gasteiger partial charge in [-0.25, -0.2) is 0 Å². The van der Waals surface area contributed by atoms with Gasteiger partial charge in [-0.2, -0.15) is 0 Å². The monoisotopic (exact) mass is 341 g/mol. The molecular formula is C17H24ClNO4. The van der Waals surface area contributed by atoms with E-state index in [9.17, 15) is 9.59 Å². The van der Waals surface area contributed by atoms with Gasteiger partial charge in [0, 0.05) is 25.9 Å². The van der Waals surface area contributed by atoms with E-state index in [1.165, 1.54) is 11.1 Å². The van der Waals surface area contributed by atoms with Crippen molar-refractivity contribution in [3.63, 3.8) is 0 Å². The molecule has 2 rings (SSSR count). The Kier molecular flexibility index (Phi) is 9.33. The molecule has 0 bridgehead atoms. The summed E-state index contributed by atoms with van der Waals surface area (Å²) in [5.74, 6) is -1.74. The number of rotatable bonds is 6. The minimum absolute atomic E-state index is 0.0628. The summed E-state index contributed by atoms with van der Waals surface area (Å²) < 4.78 is 0. The zero-order valence-electron chi connectivity index (χ0n) is 13.2. The number of hydrogen-bond acceptors (Lipinski definition) is 3. The number of hydrogen-bond donors (Lipinski definition) is 2. The van der Waals surface area contributed by atoms with E-state index >= 15 is 0 Å². The van der Waals surface area contributed by atoms with Gasteiger partial charge in [0.15, 0.2) is 0 Å². The molecule has 0 atom stereocenters. The van der Waals surface area contributed by atoms with Crippen LogP contribution in [-0.2, 0) is 22.4 Å². The van der Waals surface area contributed by atoms with Crippen LogP contribution in [0.2, 0.25) is 0 Å². The molecule has 0 amide bonds. The maximum Gasteiger partial charge on any atom is 0.303 e. The Bertz CT molecular complexity index is 464. The minimum atomic E-state index is -0.870. The van der Waals surface area contributed by atoms with Gasteiger partial charge in [0.1, 0.15) is 0 Å². The number of unbranched alkanes of at least 4 members (excludes halogenated alkanes) is 1. The third kappa shape index (κ3) is 8.57. The molecule has 0 unspecified atom stereocenters. The van der Waals surface area contributed by atoms with Crippen LogP contribution < -0.4 is 0 Å². The standard InChI is InChI=1S/C11H14ClN.C6H10O4/c12-9-13-7-5-10-3-1-2-4-11(10)6-8-13;7-5(8)3-1-2-4-6(9)10/h1-4H,5-9H2;1-4H2,(H,7,8)(H,9,10). The number of carboxylic acid groups (broad SMARTS) is 2. The van der Waals surface area contributed by atoms with Crippen LogP contribution in [0.1, 0.15) is 36.8 Å². The fraction of sp³-hybridized carbons (Fsp3) is 0.529. The number of nitrogens with zero attached hydrogens (tertiary/aromatic N) is 1. The number of benzene rings is 1. The van der Waals surface area contributed by atoms with Crippen molar-refractivity contribution in [2.24, 2.45) is 0 Å². The van der Waals surface area contributed by atoms with Crippen molar-refractivity contribution in [3.8, 4) is 0 Å². The second kappa shape index (κ2) is 11.0. The Balaban J connectivity index is 0.000000241. The summed E-state index contributed by atoms with van der Waals surface area (Å²) in [5.41, 5.74) is 2.99. The average molecular weight is 342 g/mol. The van der Waals surface area contributed by atoms with Gasteiger partial charge < -0.3 is 10.2 Å². The second-order valence-corrected chi connectivity index (χ2v) is 5.74. The zero-order valence-corrected chi connectivity index (χ0v) is 14.0. The van der Waals surface area contributed by atoms with Gasteiger partial charge in [-0.1, -0.05) is 24.3 Å². The molecule has 0 saturated heterocycles. The lowest BCUT2D eigenvalue weighted by Gasteiger charge is -2.14. The van der Waals surface area contributed by atoms with Crippen molar-refractivity contribution >= 4 is 23.5 Å². The molecule has 2 N–H and O–H groups in total. The molecule has 128 valence electrons. The summed E-state index contributed by atoms with van der Waals surface area (Å²) in [6.45, 7) is 2.20. The van der Waals surface area contributed by atoms with Gasteiger partial charge >= 0.3 is 11.9 Å². The molecular weight excluding hydrogens is 318 g/mol. The first kappa shape index (κ1) is 19.5. The van der Waals surface area contributed by atoms with Gasteiger partial charge in [-0.15, -0.1) is 11.6 Å². The molecule has 1 aliphatic rings. The van der Waals surface area contributed by atoms with E-state index in [2.05, 4.69) is 29.2 Å². The van der Waals surface area contributed by atoms with E-state index in [1.54, 1.807) is 0 Å². The molecule has 1 aromatic carbocycles. The average Bonchev–Trinajstić information content (AvgIpc) is 2.74. The first-order valence-corrected chi connectivity index (χ1v) is 8.35. The Morgan fingerprint density at radius 2 is 1.39 bits per heavy atom. The molecule has 5 nitrogen and oxygen atoms in total. The molecule has 1 aromatic rings. The highest BCUT2D eigenvalue weighted by atomic mass is 35.5. The molecule has 1 aliphatic heterocycles. The van der Waals surface area contributed by atoms with Crippen molar-refractivity contribution in [2.45, 2.75) is 38.5 Å². The fourth-order valence-corrected chi connectivity index (χ4v) is 2.63. The Hall–Kier alpha value is -1.59. The largest absolute Gasteiger partial charge is 0.481 e. The number of carbonyl (C=O) groups is 2. The van der Waals surface area contributed by atoms with Crippen LogP contribution in [0.5, 0.6) is 0 Å². The molecule has 0 aromatic heterocycles. The fourth-order valence-electron chi connectivity index (χ4n) is 2.39. The summed E-state index contributed by atoms with van der Waals surface area (Å²) in [7, 11) is 0. The zero-order chi connectivity index (χ0) is 17.1. The van der Waals surface area contributed by atoms with Crippen molar-refractivity contribution in [2.75, 3.05) is 19.1 Å². The van der Waals surface area contributed by atoms with Crippen LogP contribution in [0.3, 0.4) is 0 Å². The molecule has 23 heavy (non-hydrogen) atoms. The van der Waals surface area contributed by atoms with Crippen LogP contribution in [0.15, 0.2) is 24.3 Å². The predicted octanol–water partition coefficient (Wildman–Crippen LogP) is 3.00. The molecule has 6 heteroatoms. The SMILES string of the molecule is ClCN1CCc2ccccc2CC1.O=C(O)CCCCC(=O)O. The highest BCUT2D eigenvalue weighted by molar-refractivity contribution is 6.17.